The Kier molecular flexibility index (Phi) is 7.51. The van der Waals surface area contributed by atoms with Crippen LogP contribution in [0.15, 0.2) is 24.3 Å². The number of carbonyl (C=O) groups is 2. The summed E-state index contributed by atoms with van der Waals surface area (Å²) in [6.07, 6.45) is 5.34. The lowest BCUT2D eigenvalue weighted by atomic mass is 10.0. The highest BCUT2D eigenvalue weighted by molar-refractivity contribution is 5.76. The number of hydrogen-bond donors (Lipinski definition) is 0. The first-order valence-electron chi connectivity index (χ1n) is 7.53. The highest BCUT2D eigenvalue weighted by Crippen LogP contribution is 2.27. The lowest BCUT2D eigenvalue weighted by Crippen LogP contribution is -2.18. The molecule has 1 atom stereocenters. The van der Waals surface area contributed by atoms with Gasteiger partial charge in [-0.05, 0) is 18.6 Å². The Morgan fingerprint density at radius 2 is 1.67 bits per heavy atom. The minimum Gasteiger partial charge on any atom is -0.423 e. The van der Waals surface area contributed by atoms with Crippen molar-refractivity contribution in [3.63, 3.8) is 0 Å². The molecule has 1 aromatic carbocycles. The van der Waals surface area contributed by atoms with Crippen LogP contribution in [0, 0.1) is 5.92 Å². The molecule has 0 aliphatic rings. The summed E-state index contributed by atoms with van der Waals surface area (Å²) >= 11 is 0. The molecule has 0 amide bonds. The van der Waals surface area contributed by atoms with Gasteiger partial charge in [-0.3, -0.25) is 9.59 Å². The number of rotatable bonds is 8. The van der Waals surface area contributed by atoms with Crippen LogP contribution in [0.1, 0.15) is 52.9 Å². The van der Waals surface area contributed by atoms with E-state index in [9.17, 15) is 9.59 Å². The zero-order chi connectivity index (χ0) is 15.7. The van der Waals surface area contributed by atoms with Gasteiger partial charge >= 0.3 is 11.9 Å². The van der Waals surface area contributed by atoms with E-state index in [0.717, 1.165) is 19.3 Å². The molecule has 4 nitrogen and oxygen atoms in total. The average molecular weight is 292 g/mol. The van der Waals surface area contributed by atoms with Crippen LogP contribution in [-0.2, 0) is 9.59 Å². The first-order chi connectivity index (χ1) is 10.0. The first-order valence-corrected chi connectivity index (χ1v) is 7.53. The van der Waals surface area contributed by atoms with Gasteiger partial charge in [-0.25, -0.2) is 0 Å². The summed E-state index contributed by atoms with van der Waals surface area (Å²) in [6.45, 7) is 5.33. The molecule has 21 heavy (non-hydrogen) atoms. The summed E-state index contributed by atoms with van der Waals surface area (Å²) in [6, 6.07) is 6.70. The molecule has 0 aliphatic carbocycles. The van der Waals surface area contributed by atoms with Crippen molar-refractivity contribution in [1.29, 1.82) is 0 Å². The van der Waals surface area contributed by atoms with E-state index < -0.39 is 5.97 Å². The molecule has 0 aliphatic heterocycles. The fourth-order valence-electron chi connectivity index (χ4n) is 1.98. The van der Waals surface area contributed by atoms with Gasteiger partial charge in [0.05, 0.1) is 5.92 Å². The third-order valence-corrected chi connectivity index (χ3v) is 3.21. The molecule has 0 heterocycles. The van der Waals surface area contributed by atoms with Crippen LogP contribution in [0.25, 0.3) is 0 Å². The number of carbonyl (C=O) groups excluding carboxylic acids is 2. The van der Waals surface area contributed by atoms with Gasteiger partial charge in [0.2, 0.25) is 0 Å². The zero-order valence-electron chi connectivity index (χ0n) is 13.1. The van der Waals surface area contributed by atoms with Crippen molar-refractivity contribution in [3.8, 4) is 11.5 Å². The molecule has 0 bridgehead atoms. The topological polar surface area (TPSA) is 52.6 Å². The van der Waals surface area contributed by atoms with Crippen LogP contribution in [0.5, 0.6) is 11.5 Å². The second-order valence-corrected chi connectivity index (χ2v) is 5.21. The Labute approximate surface area is 126 Å². The van der Waals surface area contributed by atoms with Crippen molar-refractivity contribution < 1.29 is 19.1 Å². The number of hydrogen-bond acceptors (Lipinski definition) is 4. The van der Waals surface area contributed by atoms with Crippen molar-refractivity contribution in [2.24, 2.45) is 5.92 Å². The minimum absolute atomic E-state index is 0.160. The van der Waals surface area contributed by atoms with Crippen LogP contribution >= 0.6 is 0 Å². The number of ether oxygens (including phenoxy) is 2. The van der Waals surface area contributed by atoms with E-state index in [-0.39, 0.29) is 23.4 Å². The molecule has 1 rings (SSSR count). The third kappa shape index (κ3) is 6.43. The molecule has 1 aromatic rings. The number of esters is 2. The molecule has 0 N–H and O–H groups in total. The SMILES string of the molecule is CCCCCCC(C)C(=O)Oc1ccccc1OC(C)=O. The lowest BCUT2D eigenvalue weighted by Gasteiger charge is -2.13. The van der Waals surface area contributed by atoms with E-state index >= 15 is 0 Å². The standard InChI is InChI=1S/C17H24O4/c1-4-5-6-7-10-13(2)17(19)21-16-12-9-8-11-15(16)20-14(3)18/h8-9,11-13H,4-7,10H2,1-3H3. The highest BCUT2D eigenvalue weighted by Gasteiger charge is 2.17. The maximum Gasteiger partial charge on any atom is 0.314 e. The average Bonchev–Trinajstić information content (AvgIpc) is 2.45. The van der Waals surface area contributed by atoms with E-state index in [4.69, 9.17) is 9.47 Å². The molecule has 0 radical (unpaired) electrons. The van der Waals surface area contributed by atoms with Crippen LogP contribution in [0.3, 0.4) is 0 Å². The number of benzene rings is 1. The van der Waals surface area contributed by atoms with Crippen LogP contribution < -0.4 is 9.47 Å². The van der Waals surface area contributed by atoms with Crippen molar-refractivity contribution >= 4 is 11.9 Å². The zero-order valence-corrected chi connectivity index (χ0v) is 13.1. The molecule has 0 spiro atoms. The minimum atomic E-state index is -0.439. The lowest BCUT2D eigenvalue weighted by molar-refractivity contribution is -0.139. The Bertz CT molecular complexity index is 468. The summed E-state index contributed by atoms with van der Waals surface area (Å²) in [4.78, 5) is 23.1. The summed E-state index contributed by atoms with van der Waals surface area (Å²) in [7, 11) is 0. The van der Waals surface area contributed by atoms with Crippen LogP contribution in [0.4, 0.5) is 0 Å². The second kappa shape index (κ2) is 9.16. The molecule has 4 heteroatoms. The Morgan fingerprint density at radius 3 is 2.24 bits per heavy atom. The quantitative estimate of drug-likeness (QED) is 0.411. The predicted molar refractivity (Wildman–Crippen MR) is 81.3 cm³/mol. The van der Waals surface area contributed by atoms with Crippen molar-refractivity contribution in [3.05, 3.63) is 24.3 Å². The third-order valence-electron chi connectivity index (χ3n) is 3.21. The maximum atomic E-state index is 12.1. The Balaban J connectivity index is 2.55. The molecule has 116 valence electrons. The van der Waals surface area contributed by atoms with Gasteiger partial charge in [0.1, 0.15) is 0 Å². The fourth-order valence-corrected chi connectivity index (χ4v) is 1.98. The van der Waals surface area contributed by atoms with Crippen LogP contribution in [-0.4, -0.2) is 11.9 Å². The van der Waals surface area contributed by atoms with Crippen LogP contribution in [0.2, 0.25) is 0 Å². The van der Waals surface area contributed by atoms with E-state index in [1.165, 1.54) is 19.8 Å². The first kappa shape index (κ1) is 17.2. The van der Waals surface area contributed by atoms with Gasteiger partial charge in [-0.1, -0.05) is 51.7 Å². The highest BCUT2D eigenvalue weighted by atomic mass is 16.6. The number of unbranched alkanes of at least 4 members (excludes halogenated alkanes) is 3. The van der Waals surface area contributed by atoms with E-state index in [2.05, 4.69) is 6.92 Å². The smallest absolute Gasteiger partial charge is 0.314 e. The van der Waals surface area contributed by atoms with Gasteiger partial charge in [0.25, 0.3) is 0 Å². The largest absolute Gasteiger partial charge is 0.423 e. The van der Waals surface area contributed by atoms with Gasteiger partial charge < -0.3 is 9.47 Å². The van der Waals surface area contributed by atoms with Gasteiger partial charge in [0.15, 0.2) is 11.5 Å². The van der Waals surface area contributed by atoms with E-state index in [1.54, 1.807) is 24.3 Å². The van der Waals surface area contributed by atoms with Crippen molar-refractivity contribution in [2.75, 3.05) is 0 Å². The Morgan fingerprint density at radius 1 is 1.05 bits per heavy atom. The normalized spacial score (nSPS) is 11.8. The van der Waals surface area contributed by atoms with Gasteiger partial charge in [0, 0.05) is 6.92 Å². The van der Waals surface area contributed by atoms with Gasteiger partial charge in [-0.2, -0.15) is 0 Å². The summed E-state index contributed by atoms with van der Waals surface area (Å²) < 4.78 is 10.4. The summed E-state index contributed by atoms with van der Waals surface area (Å²) in [5, 5.41) is 0. The summed E-state index contributed by atoms with van der Waals surface area (Å²) in [5.74, 6) is -0.320. The Hall–Kier alpha value is -1.84. The van der Waals surface area contributed by atoms with Crippen molar-refractivity contribution in [2.45, 2.75) is 52.9 Å². The monoisotopic (exact) mass is 292 g/mol. The second-order valence-electron chi connectivity index (χ2n) is 5.21. The van der Waals surface area contributed by atoms with Crippen molar-refractivity contribution in [1.82, 2.24) is 0 Å². The predicted octanol–water partition coefficient (Wildman–Crippen LogP) is 4.12. The molecule has 0 saturated carbocycles. The molecule has 0 fully saturated rings. The van der Waals surface area contributed by atoms with E-state index in [0.29, 0.717) is 0 Å². The van der Waals surface area contributed by atoms with E-state index in [1.807, 2.05) is 6.92 Å². The maximum absolute atomic E-state index is 12.1. The fraction of sp³-hybridized carbons (Fsp3) is 0.529. The molecular formula is C17H24O4. The number of para-hydroxylation sites is 2. The molecule has 1 unspecified atom stereocenters. The molecule has 0 aromatic heterocycles. The van der Waals surface area contributed by atoms with Gasteiger partial charge in [-0.15, -0.1) is 0 Å². The molecule has 0 saturated heterocycles. The molecular weight excluding hydrogens is 268 g/mol. The summed E-state index contributed by atoms with van der Waals surface area (Å²) in [5.41, 5.74) is 0.